The van der Waals surface area contributed by atoms with E-state index in [1.807, 2.05) is 0 Å². The number of nitrogens with zero attached hydrogens (tertiary/aromatic N) is 2. The van der Waals surface area contributed by atoms with Crippen LogP contribution >= 0.6 is 0 Å². The van der Waals surface area contributed by atoms with Gasteiger partial charge in [0.1, 0.15) is 5.75 Å². The quantitative estimate of drug-likeness (QED) is 0.870. The Morgan fingerprint density at radius 2 is 2.24 bits per heavy atom. The van der Waals surface area contributed by atoms with Crippen molar-refractivity contribution < 1.29 is 9.90 Å². The van der Waals surface area contributed by atoms with Crippen LogP contribution < -0.4 is 0 Å². The van der Waals surface area contributed by atoms with Crippen LogP contribution in [0.3, 0.4) is 0 Å². The van der Waals surface area contributed by atoms with Gasteiger partial charge in [-0.3, -0.25) is 9.78 Å². The van der Waals surface area contributed by atoms with Crippen LogP contribution in [0, 0.1) is 5.92 Å². The molecule has 2 rings (SSSR count). The van der Waals surface area contributed by atoms with Crippen LogP contribution in [-0.2, 0) is 0 Å². The molecule has 17 heavy (non-hydrogen) atoms. The third kappa shape index (κ3) is 2.75. The number of aromatic hydroxyl groups is 1. The van der Waals surface area contributed by atoms with E-state index in [0.717, 1.165) is 6.54 Å². The molecule has 4 heteroatoms. The van der Waals surface area contributed by atoms with Crippen molar-refractivity contribution in [3.8, 4) is 5.75 Å². The molecule has 1 amide bonds. The predicted octanol–water partition coefficient (Wildman–Crippen LogP) is 2.05. The SMILES string of the molecule is CN(CC1CCCC1)C(=O)c1ccncc1O. The molecular formula is C13H18N2O2. The zero-order chi connectivity index (χ0) is 12.3. The molecule has 1 saturated carbocycles. The Kier molecular flexibility index (Phi) is 3.61. The van der Waals surface area contributed by atoms with Crippen LogP contribution in [0.5, 0.6) is 5.75 Å². The first-order valence-electron chi connectivity index (χ1n) is 6.07. The van der Waals surface area contributed by atoms with Gasteiger partial charge in [0, 0.05) is 19.8 Å². The molecule has 0 aromatic carbocycles. The number of rotatable bonds is 3. The Morgan fingerprint density at radius 3 is 2.88 bits per heavy atom. The molecule has 1 aromatic rings. The van der Waals surface area contributed by atoms with Gasteiger partial charge in [-0.15, -0.1) is 0 Å². The summed E-state index contributed by atoms with van der Waals surface area (Å²) < 4.78 is 0. The number of carbonyl (C=O) groups excluding carboxylic acids is 1. The van der Waals surface area contributed by atoms with E-state index >= 15 is 0 Å². The maximum atomic E-state index is 12.1. The molecule has 1 N–H and O–H groups in total. The van der Waals surface area contributed by atoms with Gasteiger partial charge in [0.2, 0.25) is 0 Å². The summed E-state index contributed by atoms with van der Waals surface area (Å²) in [5, 5.41) is 9.58. The van der Waals surface area contributed by atoms with Crippen molar-refractivity contribution in [1.82, 2.24) is 9.88 Å². The summed E-state index contributed by atoms with van der Waals surface area (Å²) in [7, 11) is 1.79. The third-order valence-corrected chi connectivity index (χ3v) is 3.38. The van der Waals surface area contributed by atoms with E-state index in [0.29, 0.717) is 11.5 Å². The highest BCUT2D eigenvalue weighted by molar-refractivity contribution is 5.96. The van der Waals surface area contributed by atoms with E-state index in [4.69, 9.17) is 0 Å². The fourth-order valence-corrected chi connectivity index (χ4v) is 2.44. The van der Waals surface area contributed by atoms with Crippen molar-refractivity contribution in [1.29, 1.82) is 0 Å². The molecule has 1 aliphatic carbocycles. The Morgan fingerprint density at radius 1 is 1.53 bits per heavy atom. The molecule has 0 radical (unpaired) electrons. The second-order valence-corrected chi connectivity index (χ2v) is 4.73. The second-order valence-electron chi connectivity index (χ2n) is 4.73. The first kappa shape index (κ1) is 11.9. The van der Waals surface area contributed by atoms with Crippen molar-refractivity contribution in [3.63, 3.8) is 0 Å². The van der Waals surface area contributed by atoms with Crippen molar-refractivity contribution in [2.75, 3.05) is 13.6 Å². The van der Waals surface area contributed by atoms with Gasteiger partial charge in [0.05, 0.1) is 11.8 Å². The number of aromatic nitrogens is 1. The lowest BCUT2D eigenvalue weighted by atomic mass is 10.1. The summed E-state index contributed by atoms with van der Waals surface area (Å²) >= 11 is 0. The number of hydrogen-bond acceptors (Lipinski definition) is 3. The molecule has 0 bridgehead atoms. The Balaban J connectivity index is 2.01. The van der Waals surface area contributed by atoms with Crippen LogP contribution in [0.4, 0.5) is 0 Å². The molecule has 1 heterocycles. The summed E-state index contributed by atoms with van der Waals surface area (Å²) in [5.41, 5.74) is 0.334. The lowest BCUT2D eigenvalue weighted by molar-refractivity contribution is 0.0770. The van der Waals surface area contributed by atoms with Crippen LogP contribution in [0.25, 0.3) is 0 Å². The van der Waals surface area contributed by atoms with Gasteiger partial charge in [-0.1, -0.05) is 12.8 Å². The summed E-state index contributed by atoms with van der Waals surface area (Å²) in [6.07, 6.45) is 7.79. The minimum atomic E-state index is -0.128. The van der Waals surface area contributed by atoms with Gasteiger partial charge >= 0.3 is 0 Å². The highest BCUT2D eigenvalue weighted by atomic mass is 16.3. The average molecular weight is 234 g/mol. The van der Waals surface area contributed by atoms with Crippen LogP contribution in [0.15, 0.2) is 18.5 Å². The molecule has 0 unspecified atom stereocenters. The first-order chi connectivity index (χ1) is 8.18. The second kappa shape index (κ2) is 5.17. The molecule has 0 aliphatic heterocycles. The van der Waals surface area contributed by atoms with Gasteiger partial charge in [-0.2, -0.15) is 0 Å². The molecule has 4 nitrogen and oxygen atoms in total. The maximum absolute atomic E-state index is 12.1. The number of carbonyl (C=O) groups is 1. The van der Waals surface area contributed by atoms with Crippen molar-refractivity contribution >= 4 is 5.91 Å². The summed E-state index contributed by atoms with van der Waals surface area (Å²) in [5.74, 6) is 0.445. The highest BCUT2D eigenvalue weighted by Gasteiger charge is 2.21. The topological polar surface area (TPSA) is 53.4 Å². The van der Waals surface area contributed by atoms with Gasteiger partial charge < -0.3 is 10.0 Å². The number of hydrogen-bond donors (Lipinski definition) is 1. The minimum absolute atomic E-state index is 0.0456. The fourth-order valence-electron chi connectivity index (χ4n) is 2.44. The Labute approximate surface area is 101 Å². The zero-order valence-electron chi connectivity index (χ0n) is 10.1. The highest BCUT2D eigenvalue weighted by Crippen LogP contribution is 2.26. The average Bonchev–Trinajstić information content (AvgIpc) is 2.81. The minimum Gasteiger partial charge on any atom is -0.505 e. The Bertz CT molecular complexity index is 400. The van der Waals surface area contributed by atoms with Crippen LogP contribution in [0.1, 0.15) is 36.0 Å². The van der Waals surface area contributed by atoms with Crippen molar-refractivity contribution in [2.45, 2.75) is 25.7 Å². The monoisotopic (exact) mass is 234 g/mol. The molecule has 0 spiro atoms. The summed E-state index contributed by atoms with van der Waals surface area (Å²) in [4.78, 5) is 17.6. The van der Waals surface area contributed by atoms with Crippen LogP contribution in [0.2, 0.25) is 0 Å². The first-order valence-corrected chi connectivity index (χ1v) is 6.07. The largest absolute Gasteiger partial charge is 0.505 e. The van der Waals surface area contributed by atoms with Crippen molar-refractivity contribution in [2.24, 2.45) is 5.92 Å². The van der Waals surface area contributed by atoms with Gasteiger partial charge in [0.15, 0.2) is 0 Å². The molecule has 0 atom stereocenters. The third-order valence-electron chi connectivity index (χ3n) is 3.38. The Hall–Kier alpha value is -1.58. The molecular weight excluding hydrogens is 216 g/mol. The predicted molar refractivity (Wildman–Crippen MR) is 64.8 cm³/mol. The normalized spacial score (nSPS) is 16.1. The van der Waals surface area contributed by atoms with Gasteiger partial charge in [0.25, 0.3) is 5.91 Å². The summed E-state index contributed by atoms with van der Waals surface area (Å²) in [6.45, 7) is 0.778. The fraction of sp³-hybridized carbons (Fsp3) is 0.538. The van der Waals surface area contributed by atoms with E-state index in [9.17, 15) is 9.90 Å². The standard InChI is InChI=1S/C13H18N2O2/c1-15(9-10-4-2-3-5-10)13(17)11-6-7-14-8-12(11)16/h6-8,10,16H,2-5,9H2,1H3. The maximum Gasteiger partial charge on any atom is 0.257 e. The van der Waals surface area contributed by atoms with E-state index in [1.54, 1.807) is 18.0 Å². The van der Waals surface area contributed by atoms with Gasteiger partial charge in [-0.05, 0) is 24.8 Å². The molecule has 92 valence electrons. The smallest absolute Gasteiger partial charge is 0.257 e. The van der Waals surface area contributed by atoms with Gasteiger partial charge in [-0.25, -0.2) is 0 Å². The molecule has 1 aliphatic rings. The lowest BCUT2D eigenvalue weighted by Gasteiger charge is -2.21. The molecule has 1 fully saturated rings. The van der Waals surface area contributed by atoms with E-state index in [1.165, 1.54) is 38.1 Å². The lowest BCUT2D eigenvalue weighted by Crippen LogP contribution is -2.31. The van der Waals surface area contributed by atoms with E-state index in [2.05, 4.69) is 4.98 Å². The number of pyridine rings is 1. The van der Waals surface area contributed by atoms with Crippen LogP contribution in [-0.4, -0.2) is 34.5 Å². The molecule has 1 aromatic heterocycles. The van der Waals surface area contributed by atoms with E-state index < -0.39 is 0 Å². The molecule has 0 saturated heterocycles. The van der Waals surface area contributed by atoms with E-state index in [-0.39, 0.29) is 11.7 Å². The van der Waals surface area contributed by atoms with Crippen molar-refractivity contribution in [3.05, 3.63) is 24.0 Å². The zero-order valence-corrected chi connectivity index (χ0v) is 10.1. The number of amides is 1. The summed E-state index contributed by atoms with van der Waals surface area (Å²) in [6, 6.07) is 1.56.